The molecular formula is C24H26N4O3S. The number of carbonyl (C=O) groups excluding carboxylic acids is 3. The third-order valence-corrected chi connectivity index (χ3v) is 6.75. The second kappa shape index (κ2) is 9.56. The predicted octanol–water partition coefficient (Wildman–Crippen LogP) is 3.98. The highest BCUT2D eigenvalue weighted by Gasteiger charge is 2.33. The highest BCUT2D eigenvalue weighted by molar-refractivity contribution is 8.15. The number of anilines is 2. The van der Waals surface area contributed by atoms with Gasteiger partial charge in [-0.1, -0.05) is 29.5 Å². The van der Waals surface area contributed by atoms with E-state index in [1.807, 2.05) is 32.0 Å². The minimum absolute atomic E-state index is 0.0687. The fraction of sp³-hybridized carbons (Fsp3) is 0.333. The first-order valence-corrected chi connectivity index (χ1v) is 11.6. The van der Waals surface area contributed by atoms with Crippen molar-refractivity contribution in [2.24, 2.45) is 4.99 Å². The molecule has 4 rings (SSSR count). The molecule has 1 saturated heterocycles. The highest BCUT2D eigenvalue weighted by Crippen LogP contribution is 2.29. The number of benzene rings is 2. The van der Waals surface area contributed by atoms with Gasteiger partial charge in [0.15, 0.2) is 5.17 Å². The number of aryl methyl sites for hydroxylation is 2. The van der Waals surface area contributed by atoms with Crippen molar-refractivity contribution in [1.29, 1.82) is 0 Å². The van der Waals surface area contributed by atoms with Crippen molar-refractivity contribution >= 4 is 46.0 Å². The summed E-state index contributed by atoms with van der Waals surface area (Å²) in [7, 11) is 0. The summed E-state index contributed by atoms with van der Waals surface area (Å²) in [5, 5.41) is 5.98. The minimum Gasteiger partial charge on any atom is -0.351 e. The zero-order chi connectivity index (χ0) is 22.7. The number of likely N-dealkylation sites (tertiary alicyclic amines) is 1. The Hall–Kier alpha value is -3.13. The lowest BCUT2D eigenvalue weighted by Gasteiger charge is -2.16. The Morgan fingerprint density at radius 3 is 2.47 bits per heavy atom. The largest absolute Gasteiger partial charge is 0.351 e. The van der Waals surface area contributed by atoms with Gasteiger partial charge in [0, 0.05) is 36.4 Å². The summed E-state index contributed by atoms with van der Waals surface area (Å²) in [6.45, 7) is 5.79. The molecule has 2 aromatic rings. The van der Waals surface area contributed by atoms with E-state index in [1.54, 1.807) is 24.3 Å². The lowest BCUT2D eigenvalue weighted by atomic mass is 10.1. The lowest BCUT2D eigenvalue weighted by Crippen LogP contribution is -2.25. The second-order valence-electron chi connectivity index (χ2n) is 8.14. The van der Waals surface area contributed by atoms with Crippen LogP contribution in [0.2, 0.25) is 0 Å². The molecular weight excluding hydrogens is 424 g/mol. The Kier molecular flexibility index (Phi) is 6.60. The summed E-state index contributed by atoms with van der Waals surface area (Å²) in [6.07, 6.45) is 2.29. The Morgan fingerprint density at radius 2 is 1.78 bits per heavy atom. The van der Waals surface area contributed by atoms with Gasteiger partial charge < -0.3 is 15.5 Å². The quantitative estimate of drug-likeness (QED) is 0.719. The van der Waals surface area contributed by atoms with E-state index in [-0.39, 0.29) is 24.1 Å². The molecule has 32 heavy (non-hydrogen) atoms. The molecule has 0 unspecified atom stereocenters. The fourth-order valence-corrected chi connectivity index (χ4v) is 4.90. The van der Waals surface area contributed by atoms with Crippen LogP contribution in [0, 0.1) is 13.8 Å². The van der Waals surface area contributed by atoms with E-state index in [4.69, 9.17) is 0 Å². The van der Waals surface area contributed by atoms with Gasteiger partial charge in [-0.05, 0) is 62.6 Å². The van der Waals surface area contributed by atoms with Gasteiger partial charge >= 0.3 is 0 Å². The third-order valence-electron chi connectivity index (χ3n) is 5.54. The Labute approximate surface area is 191 Å². The normalized spacial score (nSPS) is 17.9. The van der Waals surface area contributed by atoms with E-state index in [9.17, 15) is 14.4 Å². The SMILES string of the molecule is Cc1ccc(NC(=O)c2ccc(NC(=O)C[C@H]3SC(N4CCCC4)=NC3=O)cc2)c(C)c1. The van der Waals surface area contributed by atoms with Gasteiger partial charge in [0.25, 0.3) is 11.8 Å². The number of amidine groups is 1. The zero-order valence-corrected chi connectivity index (χ0v) is 19.0. The van der Waals surface area contributed by atoms with Crippen molar-refractivity contribution in [1.82, 2.24) is 4.90 Å². The average molecular weight is 451 g/mol. The van der Waals surface area contributed by atoms with E-state index in [2.05, 4.69) is 20.5 Å². The molecule has 7 nitrogen and oxygen atoms in total. The first-order valence-electron chi connectivity index (χ1n) is 10.7. The highest BCUT2D eigenvalue weighted by atomic mass is 32.2. The molecule has 0 aliphatic carbocycles. The molecule has 2 heterocycles. The summed E-state index contributed by atoms with van der Waals surface area (Å²) in [5.41, 5.74) is 3.98. The van der Waals surface area contributed by atoms with Crippen LogP contribution in [0.3, 0.4) is 0 Å². The Balaban J connectivity index is 1.30. The summed E-state index contributed by atoms with van der Waals surface area (Å²) >= 11 is 1.38. The predicted molar refractivity (Wildman–Crippen MR) is 128 cm³/mol. The van der Waals surface area contributed by atoms with Crippen LogP contribution in [0.4, 0.5) is 11.4 Å². The molecule has 3 amide bonds. The number of nitrogens with zero attached hydrogens (tertiary/aromatic N) is 2. The molecule has 0 aromatic heterocycles. The van der Waals surface area contributed by atoms with Crippen LogP contribution in [0.25, 0.3) is 0 Å². The van der Waals surface area contributed by atoms with Crippen molar-refractivity contribution in [3.63, 3.8) is 0 Å². The van der Waals surface area contributed by atoms with E-state index in [1.165, 1.54) is 11.8 Å². The molecule has 0 radical (unpaired) electrons. The summed E-state index contributed by atoms with van der Waals surface area (Å²) in [5.74, 6) is -0.707. The molecule has 0 bridgehead atoms. The van der Waals surface area contributed by atoms with E-state index >= 15 is 0 Å². The number of amides is 3. The maximum absolute atomic E-state index is 12.5. The number of hydrogen-bond donors (Lipinski definition) is 2. The van der Waals surface area contributed by atoms with Gasteiger partial charge in [-0.3, -0.25) is 14.4 Å². The van der Waals surface area contributed by atoms with Crippen molar-refractivity contribution in [2.75, 3.05) is 23.7 Å². The van der Waals surface area contributed by atoms with Gasteiger partial charge in [0.1, 0.15) is 5.25 Å². The first-order chi connectivity index (χ1) is 15.4. The maximum Gasteiger partial charge on any atom is 0.262 e. The van der Waals surface area contributed by atoms with Gasteiger partial charge in [-0.15, -0.1) is 0 Å². The van der Waals surface area contributed by atoms with Crippen molar-refractivity contribution in [3.8, 4) is 0 Å². The summed E-state index contributed by atoms with van der Waals surface area (Å²) in [4.78, 5) is 43.4. The zero-order valence-electron chi connectivity index (χ0n) is 18.2. The van der Waals surface area contributed by atoms with Crippen LogP contribution in [-0.2, 0) is 9.59 Å². The number of aliphatic imine (C=N–C) groups is 1. The fourth-order valence-electron chi connectivity index (χ4n) is 3.79. The average Bonchev–Trinajstić information content (AvgIpc) is 3.41. The second-order valence-corrected chi connectivity index (χ2v) is 9.31. The number of nitrogens with one attached hydrogen (secondary N) is 2. The molecule has 0 spiro atoms. The first kappa shape index (κ1) is 22.1. The lowest BCUT2D eigenvalue weighted by molar-refractivity contribution is -0.121. The number of thioether (sulfide) groups is 1. The summed E-state index contributed by atoms with van der Waals surface area (Å²) < 4.78 is 0. The van der Waals surface area contributed by atoms with Crippen LogP contribution in [-0.4, -0.2) is 46.1 Å². The Bertz CT molecular complexity index is 1080. The third kappa shape index (κ3) is 5.19. The van der Waals surface area contributed by atoms with Crippen molar-refractivity contribution in [3.05, 3.63) is 59.2 Å². The number of hydrogen-bond acceptors (Lipinski definition) is 5. The van der Waals surface area contributed by atoms with Crippen LogP contribution in [0.1, 0.15) is 40.7 Å². The van der Waals surface area contributed by atoms with Crippen LogP contribution < -0.4 is 10.6 Å². The van der Waals surface area contributed by atoms with E-state index in [0.717, 1.165) is 47.9 Å². The molecule has 2 aliphatic rings. The number of carbonyl (C=O) groups is 3. The molecule has 2 aliphatic heterocycles. The molecule has 166 valence electrons. The molecule has 0 saturated carbocycles. The van der Waals surface area contributed by atoms with Gasteiger partial charge in [-0.25, -0.2) is 0 Å². The smallest absolute Gasteiger partial charge is 0.262 e. The molecule has 1 atom stereocenters. The van der Waals surface area contributed by atoms with Crippen LogP contribution in [0.15, 0.2) is 47.5 Å². The van der Waals surface area contributed by atoms with E-state index in [0.29, 0.717) is 11.3 Å². The van der Waals surface area contributed by atoms with Gasteiger partial charge in [0.05, 0.1) is 0 Å². The minimum atomic E-state index is -0.478. The molecule has 2 aromatic carbocycles. The molecule has 8 heteroatoms. The summed E-state index contributed by atoms with van der Waals surface area (Å²) in [6, 6.07) is 12.6. The topological polar surface area (TPSA) is 90.9 Å². The van der Waals surface area contributed by atoms with Gasteiger partial charge in [-0.2, -0.15) is 4.99 Å². The van der Waals surface area contributed by atoms with Gasteiger partial charge in [0.2, 0.25) is 5.91 Å². The Morgan fingerprint density at radius 1 is 1.06 bits per heavy atom. The molecule has 2 N–H and O–H groups in total. The van der Waals surface area contributed by atoms with Crippen molar-refractivity contribution in [2.45, 2.75) is 38.4 Å². The number of rotatable bonds is 5. The standard InChI is InChI=1S/C24H26N4O3S/c1-15-5-10-19(16(2)13-15)26-22(30)17-6-8-18(9-7-17)25-21(29)14-20-23(31)27-24(32-20)28-11-3-4-12-28/h5-10,13,20H,3-4,11-12,14H2,1-2H3,(H,25,29)(H,26,30)/t20-/m1/s1. The monoisotopic (exact) mass is 450 g/mol. The van der Waals surface area contributed by atoms with Crippen molar-refractivity contribution < 1.29 is 14.4 Å². The maximum atomic E-state index is 12.5. The van der Waals surface area contributed by atoms with Crippen LogP contribution >= 0.6 is 11.8 Å². The van der Waals surface area contributed by atoms with E-state index < -0.39 is 5.25 Å². The molecule has 1 fully saturated rings. The van der Waals surface area contributed by atoms with Crippen LogP contribution in [0.5, 0.6) is 0 Å².